The number of pyridine rings is 2. The minimum atomic E-state index is -2.64. The fraction of sp³-hybridized carbons (Fsp3) is 0.0625. The van der Waals surface area contributed by atoms with E-state index in [0.717, 1.165) is 10.9 Å². The predicted molar refractivity (Wildman–Crippen MR) is 85.8 cm³/mol. The summed E-state index contributed by atoms with van der Waals surface area (Å²) in [6, 6.07) is 12.2. The maximum absolute atomic E-state index is 12.5. The van der Waals surface area contributed by atoms with Crippen LogP contribution in [0, 0.1) is 0 Å². The number of hydrogen-bond acceptors (Lipinski definition) is 4. The van der Waals surface area contributed by atoms with Gasteiger partial charge in [-0.15, -0.1) is 0 Å². The number of carbonyl (C=O) groups excluding carboxylic acids is 1. The Morgan fingerprint density at radius 1 is 1.13 bits per heavy atom. The van der Waals surface area contributed by atoms with E-state index in [2.05, 4.69) is 15.3 Å². The smallest absolute Gasteiger partial charge is 0.290 e. The van der Waals surface area contributed by atoms with E-state index in [-0.39, 0.29) is 22.4 Å². The maximum atomic E-state index is 12.5. The molecule has 1 amide bonds. The van der Waals surface area contributed by atoms with E-state index >= 15 is 0 Å². The van der Waals surface area contributed by atoms with Crippen LogP contribution in [0.4, 0.5) is 14.5 Å². The number of benzene rings is 1. The molecule has 116 valence electrons. The summed E-state index contributed by atoms with van der Waals surface area (Å²) in [5, 5.41) is 3.53. The number of anilines is 1. The van der Waals surface area contributed by atoms with E-state index in [1.807, 2.05) is 24.3 Å². The van der Waals surface area contributed by atoms with Crippen LogP contribution in [-0.2, 0) is 0 Å². The van der Waals surface area contributed by atoms with Crippen molar-refractivity contribution in [3.63, 3.8) is 0 Å². The molecule has 0 aliphatic carbocycles. The molecule has 3 rings (SSSR count). The molecule has 0 saturated carbocycles. The van der Waals surface area contributed by atoms with Gasteiger partial charge in [-0.25, -0.2) is 4.98 Å². The Kier molecular flexibility index (Phi) is 4.47. The molecule has 2 aromatic heterocycles. The second-order valence-electron chi connectivity index (χ2n) is 4.61. The van der Waals surface area contributed by atoms with Gasteiger partial charge in [0.1, 0.15) is 5.03 Å². The summed E-state index contributed by atoms with van der Waals surface area (Å²) in [4.78, 5) is 20.4. The standard InChI is InChI=1S/C16H11F2N3OS/c17-16(18)23-15-12(5-3-7-19-15)14(22)21-11-8-10-4-1-2-6-13(10)20-9-11/h1-9,16H,(H,21,22). The largest absolute Gasteiger partial charge is 0.320 e. The van der Waals surface area contributed by atoms with E-state index in [0.29, 0.717) is 5.69 Å². The third kappa shape index (κ3) is 3.62. The van der Waals surface area contributed by atoms with Crippen molar-refractivity contribution in [1.29, 1.82) is 0 Å². The van der Waals surface area contributed by atoms with Crippen LogP contribution < -0.4 is 5.32 Å². The van der Waals surface area contributed by atoms with Gasteiger partial charge >= 0.3 is 0 Å². The second kappa shape index (κ2) is 6.70. The van der Waals surface area contributed by atoms with E-state index in [4.69, 9.17) is 0 Å². The van der Waals surface area contributed by atoms with Gasteiger partial charge in [0.2, 0.25) is 0 Å². The lowest BCUT2D eigenvalue weighted by atomic mass is 10.2. The van der Waals surface area contributed by atoms with Gasteiger partial charge < -0.3 is 5.32 Å². The first-order valence-corrected chi connectivity index (χ1v) is 7.57. The van der Waals surface area contributed by atoms with Crippen molar-refractivity contribution in [2.24, 2.45) is 0 Å². The highest BCUT2D eigenvalue weighted by Crippen LogP contribution is 2.27. The average molecular weight is 331 g/mol. The van der Waals surface area contributed by atoms with E-state index in [1.54, 1.807) is 6.07 Å². The Morgan fingerprint density at radius 3 is 2.78 bits per heavy atom. The Bertz CT molecular complexity index is 857. The van der Waals surface area contributed by atoms with Crippen molar-refractivity contribution in [3.8, 4) is 0 Å². The monoisotopic (exact) mass is 331 g/mol. The Labute approximate surface area is 135 Å². The lowest BCUT2D eigenvalue weighted by molar-refractivity contribution is 0.102. The molecule has 0 spiro atoms. The molecule has 0 saturated heterocycles. The summed E-state index contributed by atoms with van der Waals surface area (Å²) >= 11 is 0.246. The fourth-order valence-corrected chi connectivity index (χ4v) is 2.66. The number of fused-ring (bicyclic) bond motifs is 1. The third-order valence-electron chi connectivity index (χ3n) is 3.06. The van der Waals surface area contributed by atoms with Gasteiger partial charge in [-0.05, 0) is 36.0 Å². The van der Waals surface area contributed by atoms with Crippen molar-refractivity contribution >= 4 is 34.3 Å². The number of nitrogens with one attached hydrogen (secondary N) is 1. The third-order valence-corrected chi connectivity index (χ3v) is 3.79. The molecule has 0 unspecified atom stereocenters. The normalized spacial score (nSPS) is 10.9. The predicted octanol–water partition coefficient (Wildman–Crippen LogP) is 4.20. The summed E-state index contributed by atoms with van der Waals surface area (Å²) in [5.41, 5.74) is 1.40. The highest BCUT2D eigenvalue weighted by molar-refractivity contribution is 7.99. The lowest BCUT2D eigenvalue weighted by Crippen LogP contribution is -2.14. The molecular formula is C16H11F2N3OS. The first kappa shape index (κ1) is 15.4. The zero-order chi connectivity index (χ0) is 16.2. The molecule has 3 aromatic rings. The first-order chi connectivity index (χ1) is 11.1. The highest BCUT2D eigenvalue weighted by atomic mass is 32.2. The fourth-order valence-electron chi connectivity index (χ4n) is 2.08. The number of alkyl halides is 2. The number of aromatic nitrogens is 2. The van der Waals surface area contributed by atoms with Crippen molar-refractivity contribution in [1.82, 2.24) is 9.97 Å². The topological polar surface area (TPSA) is 54.9 Å². The lowest BCUT2D eigenvalue weighted by Gasteiger charge is -2.09. The Morgan fingerprint density at radius 2 is 1.96 bits per heavy atom. The molecular weight excluding hydrogens is 320 g/mol. The average Bonchev–Trinajstić information content (AvgIpc) is 2.54. The number of hydrogen-bond donors (Lipinski definition) is 1. The van der Waals surface area contributed by atoms with Gasteiger partial charge in [0, 0.05) is 11.6 Å². The molecule has 0 atom stereocenters. The molecule has 1 N–H and O–H groups in total. The Balaban J connectivity index is 1.86. The number of halogens is 2. The molecule has 0 bridgehead atoms. The Hall–Kier alpha value is -2.54. The van der Waals surface area contributed by atoms with Crippen LogP contribution in [0.15, 0.2) is 59.9 Å². The molecule has 0 radical (unpaired) electrons. The quantitative estimate of drug-likeness (QED) is 0.728. The van der Waals surface area contributed by atoms with Crippen molar-refractivity contribution in [2.75, 3.05) is 5.32 Å². The molecule has 7 heteroatoms. The maximum Gasteiger partial charge on any atom is 0.290 e. The minimum Gasteiger partial charge on any atom is -0.320 e. The van der Waals surface area contributed by atoms with Crippen LogP contribution in [0.2, 0.25) is 0 Å². The van der Waals surface area contributed by atoms with Crippen LogP contribution >= 0.6 is 11.8 Å². The van der Waals surface area contributed by atoms with Gasteiger partial charge in [-0.1, -0.05) is 18.2 Å². The number of carbonyl (C=O) groups is 1. The summed E-state index contributed by atoms with van der Waals surface area (Å²) in [7, 11) is 0. The number of amides is 1. The van der Waals surface area contributed by atoms with E-state index < -0.39 is 11.7 Å². The van der Waals surface area contributed by atoms with E-state index in [1.165, 1.54) is 24.5 Å². The van der Waals surface area contributed by atoms with E-state index in [9.17, 15) is 13.6 Å². The molecule has 1 aromatic carbocycles. The van der Waals surface area contributed by atoms with Crippen molar-refractivity contribution in [2.45, 2.75) is 10.8 Å². The number of rotatable bonds is 4. The van der Waals surface area contributed by atoms with Crippen molar-refractivity contribution in [3.05, 3.63) is 60.4 Å². The summed E-state index contributed by atoms with van der Waals surface area (Å²) in [6.45, 7) is 0. The minimum absolute atomic E-state index is 0.00579. The van der Waals surface area contributed by atoms with Gasteiger partial charge in [-0.3, -0.25) is 9.78 Å². The van der Waals surface area contributed by atoms with Crippen molar-refractivity contribution < 1.29 is 13.6 Å². The summed E-state index contributed by atoms with van der Waals surface area (Å²) < 4.78 is 25.1. The zero-order valence-corrected chi connectivity index (χ0v) is 12.6. The highest BCUT2D eigenvalue weighted by Gasteiger charge is 2.16. The number of nitrogens with zero attached hydrogens (tertiary/aromatic N) is 2. The molecule has 0 fully saturated rings. The number of thioether (sulfide) groups is 1. The van der Waals surface area contributed by atoms with Gasteiger partial charge in [-0.2, -0.15) is 8.78 Å². The van der Waals surface area contributed by atoms with Crippen LogP contribution in [0.25, 0.3) is 10.9 Å². The molecule has 0 aliphatic heterocycles. The first-order valence-electron chi connectivity index (χ1n) is 6.69. The van der Waals surface area contributed by atoms with Crippen LogP contribution in [-0.4, -0.2) is 21.6 Å². The molecule has 2 heterocycles. The second-order valence-corrected chi connectivity index (χ2v) is 5.58. The van der Waals surface area contributed by atoms with Gasteiger partial charge in [0.05, 0.1) is 23.0 Å². The van der Waals surface area contributed by atoms with Crippen LogP contribution in [0.5, 0.6) is 0 Å². The van der Waals surface area contributed by atoms with Crippen LogP contribution in [0.1, 0.15) is 10.4 Å². The van der Waals surface area contributed by atoms with Gasteiger partial charge in [0.15, 0.2) is 0 Å². The summed E-state index contributed by atoms with van der Waals surface area (Å²) in [5.74, 6) is -3.14. The zero-order valence-electron chi connectivity index (χ0n) is 11.7. The summed E-state index contributed by atoms with van der Waals surface area (Å²) in [6.07, 6.45) is 2.90. The molecule has 0 aliphatic rings. The number of para-hydroxylation sites is 1. The van der Waals surface area contributed by atoms with Crippen LogP contribution in [0.3, 0.4) is 0 Å². The molecule has 23 heavy (non-hydrogen) atoms. The van der Waals surface area contributed by atoms with Gasteiger partial charge in [0.25, 0.3) is 11.7 Å². The molecule has 4 nitrogen and oxygen atoms in total. The SMILES string of the molecule is O=C(Nc1cnc2ccccc2c1)c1cccnc1SC(F)F.